The molecule has 42 heavy (non-hydrogen) atoms. The number of esters is 2. The topological polar surface area (TPSA) is 124 Å². The quantitative estimate of drug-likeness (QED) is 0.508. The van der Waals surface area contributed by atoms with E-state index in [9.17, 15) is 33.7 Å². The maximum atomic E-state index is 14.1. The van der Waals surface area contributed by atoms with Gasteiger partial charge in [0.15, 0.2) is 6.10 Å². The van der Waals surface area contributed by atoms with Crippen molar-refractivity contribution in [2.45, 2.75) is 56.4 Å². The molecule has 0 N–H and O–H groups in total. The van der Waals surface area contributed by atoms with E-state index in [1.807, 2.05) is 0 Å². The Morgan fingerprint density at radius 3 is 2.10 bits per heavy atom. The maximum absolute atomic E-state index is 14.1. The zero-order valence-corrected chi connectivity index (χ0v) is 22.7. The molecule has 0 aliphatic carbocycles. The number of carbonyl (C=O) groups excluding carboxylic acids is 3. The molecule has 4 aliphatic heterocycles. The molecule has 1 amide bonds. The van der Waals surface area contributed by atoms with Gasteiger partial charge in [-0.05, 0) is 87.0 Å². The predicted octanol–water partition coefficient (Wildman–Crippen LogP) is 3.56. The van der Waals surface area contributed by atoms with Crippen LogP contribution >= 0.6 is 0 Å². The summed E-state index contributed by atoms with van der Waals surface area (Å²) in [4.78, 5) is 44.7. The van der Waals surface area contributed by atoms with E-state index >= 15 is 0 Å². The number of piperidine rings is 4. The number of nitrogens with zero attached hydrogens (tertiary/aromatic N) is 4. The minimum Gasteiger partial charge on any atom is -0.454 e. The summed E-state index contributed by atoms with van der Waals surface area (Å²) in [5, 5.41) is 18.4. The number of benzene rings is 2. The highest BCUT2D eigenvalue weighted by atomic mass is 19.1. The summed E-state index contributed by atoms with van der Waals surface area (Å²) in [6.45, 7) is 2.55. The highest BCUT2D eigenvalue weighted by molar-refractivity contribution is 5.94. The molecule has 4 fully saturated rings. The van der Waals surface area contributed by atoms with Gasteiger partial charge in [-0.25, -0.2) is 18.4 Å². The van der Waals surface area contributed by atoms with Crippen LogP contribution in [-0.2, 0) is 14.3 Å². The molecule has 9 nitrogen and oxygen atoms in total. The van der Waals surface area contributed by atoms with Crippen LogP contribution in [0.3, 0.4) is 0 Å². The van der Waals surface area contributed by atoms with Gasteiger partial charge in [-0.1, -0.05) is 0 Å². The second-order valence-electron chi connectivity index (χ2n) is 11.4. The number of rotatable bonds is 4. The van der Waals surface area contributed by atoms with Gasteiger partial charge >= 0.3 is 11.9 Å². The molecule has 6 rings (SSSR count). The van der Waals surface area contributed by atoms with Gasteiger partial charge in [-0.2, -0.15) is 10.5 Å². The van der Waals surface area contributed by atoms with Crippen molar-refractivity contribution < 1.29 is 32.6 Å². The average molecular weight is 575 g/mol. The van der Waals surface area contributed by atoms with E-state index in [1.54, 1.807) is 17.0 Å². The first-order valence-electron chi connectivity index (χ1n) is 14.1. The van der Waals surface area contributed by atoms with E-state index < -0.39 is 41.7 Å². The summed E-state index contributed by atoms with van der Waals surface area (Å²) in [7, 11) is 0. The van der Waals surface area contributed by atoms with Crippen LogP contribution in [0.15, 0.2) is 36.4 Å². The molecule has 0 saturated carbocycles. The fourth-order valence-corrected chi connectivity index (χ4v) is 7.34. The first-order valence-corrected chi connectivity index (χ1v) is 14.1. The number of amides is 1. The zero-order chi connectivity index (χ0) is 29.5. The molecule has 4 heterocycles. The molecule has 6 unspecified atom stereocenters. The molecular formula is C31H28F2N4O5. The third-order valence-corrected chi connectivity index (χ3v) is 9.15. The summed E-state index contributed by atoms with van der Waals surface area (Å²) in [6.07, 6.45) is 1.56. The van der Waals surface area contributed by atoms with Crippen LogP contribution < -0.4 is 0 Å². The van der Waals surface area contributed by atoms with Crippen LogP contribution in [0.2, 0.25) is 0 Å². The summed E-state index contributed by atoms with van der Waals surface area (Å²) in [5.41, 5.74) is -0.891. The van der Waals surface area contributed by atoms with Crippen molar-refractivity contribution in [3.63, 3.8) is 0 Å². The van der Waals surface area contributed by atoms with Gasteiger partial charge in [0.05, 0.1) is 22.3 Å². The molecule has 6 atom stereocenters. The Labute approximate surface area is 241 Å². The molecule has 0 spiro atoms. The summed E-state index contributed by atoms with van der Waals surface area (Å²) in [6, 6.07) is 9.87. The monoisotopic (exact) mass is 574 g/mol. The normalized spacial score (nSPS) is 28.5. The number of halogens is 2. The minimum atomic E-state index is -1.48. The molecule has 2 aromatic rings. The molecule has 0 bridgehead atoms. The van der Waals surface area contributed by atoms with Crippen molar-refractivity contribution in [1.82, 2.24) is 9.80 Å². The lowest BCUT2D eigenvalue weighted by molar-refractivity contribution is -0.175. The maximum Gasteiger partial charge on any atom is 0.339 e. The van der Waals surface area contributed by atoms with Gasteiger partial charge in [-0.15, -0.1) is 0 Å². The van der Waals surface area contributed by atoms with Gasteiger partial charge in [0.2, 0.25) is 6.10 Å². The molecule has 0 radical (unpaired) electrons. The van der Waals surface area contributed by atoms with Gasteiger partial charge in [0.25, 0.3) is 5.91 Å². The molecule has 2 aromatic carbocycles. The van der Waals surface area contributed by atoms with Crippen molar-refractivity contribution in [2.75, 3.05) is 19.6 Å². The molecule has 4 saturated heterocycles. The molecule has 216 valence electrons. The van der Waals surface area contributed by atoms with E-state index in [4.69, 9.17) is 9.47 Å². The fraction of sp³-hybridized carbons (Fsp3) is 0.452. The van der Waals surface area contributed by atoms with E-state index in [-0.39, 0.29) is 40.6 Å². The Morgan fingerprint density at radius 1 is 0.881 bits per heavy atom. The van der Waals surface area contributed by atoms with Gasteiger partial charge < -0.3 is 14.4 Å². The lowest BCUT2D eigenvalue weighted by Crippen LogP contribution is -2.70. The van der Waals surface area contributed by atoms with Crippen LogP contribution in [0.25, 0.3) is 0 Å². The first kappa shape index (κ1) is 27.8. The standard InChI is InChI=1S/C31H28F2N4O5/c32-23-7-5-17(11-20(23)14-34)30(39)41-26-13-25-22-4-2-10-36-9-1-3-19(27(22)36)16-37(25)29(38)28(26)42-31(40)18-6-8-24(33)21(12-18)15-35/h5-8,11-12,19,22,25-28H,1-4,9-10,13,16H2. The number of fused-ring (bicyclic) bond motifs is 2. The predicted molar refractivity (Wildman–Crippen MR) is 142 cm³/mol. The highest BCUT2D eigenvalue weighted by Crippen LogP contribution is 2.45. The molecule has 4 aliphatic rings. The van der Waals surface area contributed by atoms with Crippen molar-refractivity contribution in [3.05, 3.63) is 70.3 Å². The Hall–Kier alpha value is -4.35. The third-order valence-electron chi connectivity index (χ3n) is 9.15. The Bertz CT molecular complexity index is 1530. The lowest BCUT2D eigenvalue weighted by Gasteiger charge is -2.59. The zero-order valence-electron chi connectivity index (χ0n) is 22.7. The van der Waals surface area contributed by atoms with Crippen LogP contribution in [0, 0.1) is 46.1 Å². The van der Waals surface area contributed by atoms with E-state index in [1.165, 1.54) is 6.07 Å². The summed E-state index contributed by atoms with van der Waals surface area (Å²) in [5.74, 6) is -3.45. The number of ether oxygens (including phenoxy) is 2. The Balaban J connectivity index is 1.31. The van der Waals surface area contributed by atoms with E-state index in [0.29, 0.717) is 18.5 Å². The fourth-order valence-electron chi connectivity index (χ4n) is 7.34. The second kappa shape index (κ2) is 11.1. The van der Waals surface area contributed by atoms with Crippen LogP contribution in [0.1, 0.15) is 63.9 Å². The number of carbonyl (C=O) groups is 3. The minimum absolute atomic E-state index is 0.0788. The summed E-state index contributed by atoms with van der Waals surface area (Å²) >= 11 is 0. The SMILES string of the molecule is N#Cc1cc(C(=O)OC2CC3C4CCCN5CCCC(CN3C(=O)C2OC(=O)c2ccc(F)c(C#N)c2)C45)ccc1F. The second-order valence-corrected chi connectivity index (χ2v) is 11.4. The van der Waals surface area contributed by atoms with E-state index in [0.717, 1.165) is 69.1 Å². The molecular weight excluding hydrogens is 546 g/mol. The van der Waals surface area contributed by atoms with Crippen LogP contribution in [0.4, 0.5) is 8.78 Å². The van der Waals surface area contributed by atoms with E-state index in [2.05, 4.69) is 4.90 Å². The largest absolute Gasteiger partial charge is 0.454 e. The van der Waals surface area contributed by atoms with Crippen molar-refractivity contribution in [3.8, 4) is 12.1 Å². The van der Waals surface area contributed by atoms with Crippen LogP contribution in [0.5, 0.6) is 0 Å². The van der Waals surface area contributed by atoms with Crippen molar-refractivity contribution in [1.29, 1.82) is 10.5 Å². The van der Waals surface area contributed by atoms with Crippen molar-refractivity contribution in [2.24, 2.45) is 11.8 Å². The average Bonchev–Trinajstić information content (AvgIpc) is 3.00. The number of nitriles is 2. The van der Waals surface area contributed by atoms with Crippen molar-refractivity contribution >= 4 is 17.8 Å². The number of hydrogen-bond donors (Lipinski definition) is 0. The molecule has 11 heteroatoms. The van der Waals surface area contributed by atoms with Crippen LogP contribution in [-0.4, -0.2) is 71.6 Å². The Kier molecular flexibility index (Phi) is 7.38. The molecule has 0 aromatic heterocycles. The smallest absolute Gasteiger partial charge is 0.339 e. The first-order chi connectivity index (χ1) is 20.3. The number of hydrogen-bond acceptors (Lipinski definition) is 8. The summed E-state index contributed by atoms with van der Waals surface area (Å²) < 4.78 is 39.3. The lowest BCUT2D eigenvalue weighted by atomic mass is 9.67. The van der Waals surface area contributed by atoms with Gasteiger partial charge in [-0.3, -0.25) is 9.69 Å². The highest BCUT2D eigenvalue weighted by Gasteiger charge is 2.56. The Morgan fingerprint density at radius 2 is 1.48 bits per heavy atom. The van der Waals surface area contributed by atoms with Gasteiger partial charge in [0, 0.05) is 25.0 Å². The van der Waals surface area contributed by atoms with Gasteiger partial charge in [0.1, 0.15) is 23.8 Å². The third kappa shape index (κ3) is 4.88.